The van der Waals surface area contributed by atoms with Crippen molar-refractivity contribution in [2.75, 3.05) is 10.6 Å². The molecule has 2 aromatic rings. The van der Waals surface area contributed by atoms with Gasteiger partial charge in [-0.15, -0.1) is 0 Å². The number of nitro groups is 1. The summed E-state index contributed by atoms with van der Waals surface area (Å²) in [5.74, 6) is -0.712. The lowest BCUT2D eigenvalue weighted by Gasteiger charge is -2.10. The van der Waals surface area contributed by atoms with E-state index in [-0.39, 0.29) is 22.2 Å². The Hall–Kier alpha value is -2.45. The second-order valence-electron chi connectivity index (χ2n) is 4.97. The molecule has 0 heterocycles. The molecule has 0 spiro atoms. The van der Waals surface area contributed by atoms with Gasteiger partial charge in [0.25, 0.3) is 11.6 Å². The summed E-state index contributed by atoms with van der Waals surface area (Å²) in [4.78, 5) is 34.0. The first kappa shape index (κ1) is 18.9. The molecule has 0 atom stereocenters. The van der Waals surface area contributed by atoms with Crippen molar-refractivity contribution in [1.82, 2.24) is 0 Å². The molecule has 130 valence electrons. The number of rotatable bonds is 5. The van der Waals surface area contributed by atoms with Gasteiger partial charge in [-0.1, -0.05) is 18.5 Å². The van der Waals surface area contributed by atoms with E-state index in [4.69, 9.17) is 11.6 Å². The van der Waals surface area contributed by atoms with Gasteiger partial charge in [0.1, 0.15) is 0 Å². The van der Waals surface area contributed by atoms with Crippen LogP contribution in [0.1, 0.15) is 23.7 Å². The summed E-state index contributed by atoms with van der Waals surface area (Å²) in [7, 11) is 0. The number of amides is 2. The summed E-state index contributed by atoms with van der Waals surface area (Å²) >= 11 is 9.29. The second kappa shape index (κ2) is 8.09. The maximum absolute atomic E-state index is 12.4. The Labute approximate surface area is 156 Å². The van der Waals surface area contributed by atoms with E-state index in [0.29, 0.717) is 22.3 Å². The number of non-ortho nitro benzene ring substituents is 1. The topological polar surface area (TPSA) is 101 Å². The molecule has 0 bridgehead atoms. The average Bonchev–Trinajstić information content (AvgIpc) is 2.57. The zero-order chi connectivity index (χ0) is 18.6. The number of halogens is 2. The van der Waals surface area contributed by atoms with Crippen molar-refractivity contribution in [3.05, 3.63) is 61.6 Å². The molecule has 0 aliphatic heterocycles. The summed E-state index contributed by atoms with van der Waals surface area (Å²) in [6, 6.07) is 8.52. The van der Waals surface area contributed by atoms with Crippen LogP contribution in [-0.2, 0) is 4.79 Å². The van der Waals surface area contributed by atoms with Crippen LogP contribution < -0.4 is 10.6 Å². The van der Waals surface area contributed by atoms with E-state index in [0.717, 1.165) is 0 Å². The summed E-state index contributed by atoms with van der Waals surface area (Å²) in [5, 5.41) is 16.4. The van der Waals surface area contributed by atoms with Gasteiger partial charge in [-0.05, 0) is 40.2 Å². The number of benzene rings is 2. The van der Waals surface area contributed by atoms with Gasteiger partial charge in [0.2, 0.25) is 5.91 Å². The lowest BCUT2D eigenvalue weighted by atomic mass is 10.2. The standard InChI is InChI=1S/C16H13BrClN3O4/c1-2-15(22)20-14-6-3-9(7-13(14)18)19-16(23)11-8-10(21(24)25)4-5-12(11)17/h3-8H,2H2,1H3,(H,19,23)(H,20,22). The fourth-order valence-corrected chi connectivity index (χ4v) is 2.59. The molecule has 0 saturated carbocycles. The highest BCUT2D eigenvalue weighted by molar-refractivity contribution is 9.10. The molecule has 0 fully saturated rings. The Morgan fingerprint density at radius 1 is 1.20 bits per heavy atom. The molecule has 9 heteroatoms. The predicted octanol–water partition coefficient (Wildman–Crippen LogP) is 4.61. The van der Waals surface area contributed by atoms with E-state index in [1.54, 1.807) is 19.1 Å². The minimum atomic E-state index is -0.578. The number of anilines is 2. The minimum absolute atomic E-state index is 0.119. The molecular weight excluding hydrogens is 414 g/mol. The largest absolute Gasteiger partial charge is 0.325 e. The molecule has 0 saturated heterocycles. The third kappa shape index (κ3) is 4.77. The van der Waals surface area contributed by atoms with Crippen molar-refractivity contribution in [2.24, 2.45) is 0 Å². The van der Waals surface area contributed by atoms with Crippen LogP contribution in [-0.4, -0.2) is 16.7 Å². The van der Waals surface area contributed by atoms with Gasteiger partial charge < -0.3 is 10.6 Å². The van der Waals surface area contributed by atoms with Gasteiger partial charge in [0.05, 0.1) is 21.2 Å². The molecule has 0 aliphatic carbocycles. The molecule has 0 aromatic heterocycles. The van der Waals surface area contributed by atoms with Crippen LogP contribution in [0.15, 0.2) is 40.9 Å². The molecular formula is C16H13BrClN3O4. The van der Waals surface area contributed by atoms with Crippen molar-refractivity contribution in [1.29, 1.82) is 0 Å². The van der Waals surface area contributed by atoms with E-state index >= 15 is 0 Å². The quantitative estimate of drug-likeness (QED) is 0.538. The highest BCUT2D eigenvalue weighted by atomic mass is 79.9. The van der Waals surface area contributed by atoms with Gasteiger partial charge in [0.15, 0.2) is 0 Å². The zero-order valence-corrected chi connectivity index (χ0v) is 15.3. The maximum atomic E-state index is 12.4. The molecule has 0 unspecified atom stereocenters. The van der Waals surface area contributed by atoms with Crippen molar-refractivity contribution < 1.29 is 14.5 Å². The van der Waals surface area contributed by atoms with Gasteiger partial charge in [0, 0.05) is 28.7 Å². The van der Waals surface area contributed by atoms with Crippen LogP contribution in [0.3, 0.4) is 0 Å². The highest BCUT2D eigenvalue weighted by Gasteiger charge is 2.16. The number of hydrogen-bond donors (Lipinski definition) is 2. The van der Waals surface area contributed by atoms with Crippen molar-refractivity contribution in [3.8, 4) is 0 Å². The molecule has 2 rings (SSSR count). The van der Waals surface area contributed by atoms with E-state index in [2.05, 4.69) is 26.6 Å². The summed E-state index contributed by atoms with van der Waals surface area (Å²) in [6.45, 7) is 1.72. The van der Waals surface area contributed by atoms with E-state index < -0.39 is 10.8 Å². The Bertz CT molecular complexity index is 857. The number of hydrogen-bond acceptors (Lipinski definition) is 4. The van der Waals surface area contributed by atoms with E-state index in [1.165, 1.54) is 24.3 Å². The molecule has 2 amide bonds. The minimum Gasteiger partial charge on any atom is -0.325 e. The Balaban J connectivity index is 2.21. The van der Waals surface area contributed by atoms with E-state index in [9.17, 15) is 19.7 Å². The lowest BCUT2D eigenvalue weighted by molar-refractivity contribution is -0.384. The molecule has 25 heavy (non-hydrogen) atoms. The average molecular weight is 427 g/mol. The van der Waals surface area contributed by atoms with Crippen LogP contribution in [0, 0.1) is 10.1 Å². The Morgan fingerprint density at radius 2 is 1.92 bits per heavy atom. The van der Waals surface area contributed by atoms with Crippen molar-refractivity contribution in [2.45, 2.75) is 13.3 Å². The van der Waals surface area contributed by atoms with Crippen LogP contribution in [0.4, 0.5) is 17.1 Å². The zero-order valence-electron chi connectivity index (χ0n) is 13.0. The third-order valence-corrected chi connectivity index (χ3v) is 4.23. The van der Waals surface area contributed by atoms with Crippen LogP contribution in [0.25, 0.3) is 0 Å². The fraction of sp³-hybridized carbons (Fsp3) is 0.125. The predicted molar refractivity (Wildman–Crippen MR) is 99.1 cm³/mol. The number of carbonyl (C=O) groups is 2. The SMILES string of the molecule is CCC(=O)Nc1ccc(NC(=O)c2cc([N+](=O)[O-])ccc2Br)cc1Cl. The number of nitro benzene ring substituents is 1. The summed E-state index contributed by atoms with van der Waals surface area (Å²) < 4.78 is 0.425. The highest BCUT2D eigenvalue weighted by Crippen LogP contribution is 2.27. The third-order valence-electron chi connectivity index (χ3n) is 3.23. The summed E-state index contributed by atoms with van der Waals surface area (Å²) in [6.07, 6.45) is 0.315. The van der Waals surface area contributed by atoms with Gasteiger partial charge in [-0.2, -0.15) is 0 Å². The maximum Gasteiger partial charge on any atom is 0.270 e. The van der Waals surface area contributed by atoms with Crippen LogP contribution in [0.2, 0.25) is 5.02 Å². The van der Waals surface area contributed by atoms with Gasteiger partial charge >= 0.3 is 0 Å². The van der Waals surface area contributed by atoms with Crippen molar-refractivity contribution in [3.63, 3.8) is 0 Å². The van der Waals surface area contributed by atoms with Gasteiger partial charge in [-0.25, -0.2) is 0 Å². The normalized spacial score (nSPS) is 10.2. The van der Waals surface area contributed by atoms with E-state index in [1.807, 2.05) is 0 Å². The Morgan fingerprint density at radius 3 is 2.52 bits per heavy atom. The van der Waals surface area contributed by atoms with Crippen LogP contribution >= 0.6 is 27.5 Å². The molecule has 0 radical (unpaired) electrons. The number of nitrogens with one attached hydrogen (secondary N) is 2. The van der Waals surface area contributed by atoms with Crippen molar-refractivity contribution >= 4 is 56.4 Å². The smallest absolute Gasteiger partial charge is 0.270 e. The monoisotopic (exact) mass is 425 g/mol. The second-order valence-corrected chi connectivity index (χ2v) is 6.23. The first-order chi connectivity index (χ1) is 11.8. The number of nitrogens with zero attached hydrogens (tertiary/aromatic N) is 1. The molecule has 0 aliphatic rings. The lowest BCUT2D eigenvalue weighted by Crippen LogP contribution is -2.13. The van der Waals surface area contributed by atoms with Crippen LogP contribution in [0.5, 0.6) is 0 Å². The summed E-state index contributed by atoms with van der Waals surface area (Å²) in [5.41, 5.74) is 0.753. The molecule has 2 aromatic carbocycles. The first-order valence-corrected chi connectivity index (χ1v) is 8.33. The Kier molecular flexibility index (Phi) is 6.11. The fourth-order valence-electron chi connectivity index (χ4n) is 1.93. The molecule has 7 nitrogen and oxygen atoms in total. The number of carbonyl (C=O) groups excluding carboxylic acids is 2. The first-order valence-electron chi connectivity index (χ1n) is 7.16. The molecule has 2 N–H and O–H groups in total. The van der Waals surface area contributed by atoms with Gasteiger partial charge in [-0.3, -0.25) is 19.7 Å².